The second kappa shape index (κ2) is 6.52. The Hall–Kier alpha value is -3.00. The SMILES string of the molecule is CC(=O)OC(OC(C)=O)[C@@]12C=C[C@@H](O1)[C@H]1C(=O)N(c3ccc(C)c(C)c3)C(=O)[C@H]12. The molecule has 4 atom stereocenters. The van der Waals surface area contributed by atoms with Gasteiger partial charge in [-0.1, -0.05) is 12.1 Å². The molecule has 8 heteroatoms. The molecule has 3 aliphatic rings. The lowest BCUT2D eigenvalue weighted by atomic mass is 9.76. The van der Waals surface area contributed by atoms with Crippen LogP contribution in [0.5, 0.6) is 0 Å². The highest BCUT2D eigenvalue weighted by atomic mass is 16.7. The maximum atomic E-state index is 13.4. The molecular weight excluding hydrogens is 378 g/mol. The molecular formula is C21H21NO7. The number of ether oxygens (including phenoxy) is 3. The molecule has 2 bridgehead atoms. The van der Waals surface area contributed by atoms with E-state index in [0.29, 0.717) is 5.69 Å². The largest absolute Gasteiger partial charge is 0.422 e. The van der Waals surface area contributed by atoms with Gasteiger partial charge in [0.1, 0.15) is 0 Å². The van der Waals surface area contributed by atoms with Crippen molar-refractivity contribution < 1.29 is 33.4 Å². The Balaban J connectivity index is 1.75. The van der Waals surface area contributed by atoms with E-state index in [9.17, 15) is 19.2 Å². The summed E-state index contributed by atoms with van der Waals surface area (Å²) >= 11 is 0. The van der Waals surface area contributed by atoms with Crippen LogP contribution in [0.25, 0.3) is 0 Å². The van der Waals surface area contributed by atoms with Gasteiger partial charge in [-0.3, -0.25) is 19.2 Å². The van der Waals surface area contributed by atoms with Crippen LogP contribution in [0.2, 0.25) is 0 Å². The van der Waals surface area contributed by atoms with Crippen LogP contribution in [-0.4, -0.2) is 41.7 Å². The topological polar surface area (TPSA) is 99.2 Å². The quantitative estimate of drug-likeness (QED) is 0.328. The highest BCUT2D eigenvalue weighted by molar-refractivity contribution is 6.23. The highest BCUT2D eigenvalue weighted by Crippen LogP contribution is 2.54. The number of hydrogen-bond donors (Lipinski definition) is 0. The first-order valence-corrected chi connectivity index (χ1v) is 9.32. The second-order valence-electron chi connectivity index (χ2n) is 7.63. The van der Waals surface area contributed by atoms with Crippen LogP contribution in [0.1, 0.15) is 25.0 Å². The van der Waals surface area contributed by atoms with Crippen molar-refractivity contribution in [2.24, 2.45) is 11.8 Å². The normalized spacial score (nSPS) is 29.6. The van der Waals surface area contributed by atoms with Crippen molar-refractivity contribution in [2.45, 2.75) is 45.7 Å². The van der Waals surface area contributed by atoms with E-state index in [1.807, 2.05) is 19.9 Å². The fraction of sp³-hybridized carbons (Fsp3) is 0.429. The Morgan fingerprint density at radius 3 is 2.31 bits per heavy atom. The van der Waals surface area contributed by atoms with Crippen molar-refractivity contribution in [2.75, 3.05) is 4.90 Å². The molecule has 0 radical (unpaired) electrons. The maximum absolute atomic E-state index is 13.4. The molecule has 4 rings (SSSR count). The third-order valence-electron chi connectivity index (χ3n) is 5.74. The number of imide groups is 1. The van der Waals surface area contributed by atoms with Crippen molar-refractivity contribution in [3.63, 3.8) is 0 Å². The predicted molar refractivity (Wildman–Crippen MR) is 99.5 cm³/mol. The van der Waals surface area contributed by atoms with Gasteiger partial charge >= 0.3 is 11.9 Å². The average Bonchev–Trinajstić information content (AvgIpc) is 3.28. The number of anilines is 1. The van der Waals surface area contributed by atoms with Crippen LogP contribution in [0, 0.1) is 25.7 Å². The third-order valence-corrected chi connectivity index (χ3v) is 5.74. The average molecular weight is 399 g/mol. The molecule has 0 N–H and O–H groups in total. The van der Waals surface area contributed by atoms with Crippen molar-refractivity contribution in [1.29, 1.82) is 0 Å². The van der Waals surface area contributed by atoms with Crippen LogP contribution < -0.4 is 4.90 Å². The number of carbonyl (C=O) groups excluding carboxylic acids is 4. The molecule has 8 nitrogen and oxygen atoms in total. The molecule has 0 spiro atoms. The number of fused-ring (bicyclic) bond motifs is 5. The molecule has 0 unspecified atom stereocenters. The van der Waals surface area contributed by atoms with E-state index in [1.165, 1.54) is 13.8 Å². The molecule has 2 fully saturated rings. The van der Waals surface area contributed by atoms with E-state index in [2.05, 4.69) is 0 Å². The molecule has 0 aromatic heterocycles. The fourth-order valence-corrected chi connectivity index (χ4v) is 4.34. The second-order valence-corrected chi connectivity index (χ2v) is 7.63. The summed E-state index contributed by atoms with van der Waals surface area (Å²) < 4.78 is 16.3. The van der Waals surface area contributed by atoms with Gasteiger partial charge in [0, 0.05) is 13.8 Å². The van der Waals surface area contributed by atoms with Gasteiger partial charge in [0.2, 0.25) is 11.8 Å². The number of esters is 2. The van der Waals surface area contributed by atoms with Gasteiger partial charge in [0.15, 0.2) is 5.60 Å². The zero-order chi connectivity index (χ0) is 21.1. The summed E-state index contributed by atoms with van der Waals surface area (Å²) in [6.07, 6.45) is 1.08. The smallest absolute Gasteiger partial charge is 0.305 e. The van der Waals surface area contributed by atoms with E-state index in [1.54, 1.807) is 24.3 Å². The first-order chi connectivity index (χ1) is 13.7. The first kappa shape index (κ1) is 19.3. The Bertz CT molecular complexity index is 952. The van der Waals surface area contributed by atoms with Crippen LogP contribution in [0.3, 0.4) is 0 Å². The third kappa shape index (κ3) is 2.78. The van der Waals surface area contributed by atoms with Crippen molar-refractivity contribution >= 4 is 29.4 Å². The van der Waals surface area contributed by atoms with Gasteiger partial charge in [-0.15, -0.1) is 0 Å². The number of rotatable bonds is 4. The molecule has 0 aliphatic carbocycles. The maximum Gasteiger partial charge on any atom is 0.305 e. The molecule has 152 valence electrons. The summed E-state index contributed by atoms with van der Waals surface area (Å²) in [5, 5.41) is 0. The minimum atomic E-state index is -1.53. The molecule has 0 saturated carbocycles. The van der Waals surface area contributed by atoms with Crippen molar-refractivity contribution in [3.05, 3.63) is 41.5 Å². The van der Waals surface area contributed by atoms with Gasteiger partial charge in [-0.05, 0) is 43.2 Å². The van der Waals surface area contributed by atoms with Gasteiger partial charge in [0.05, 0.1) is 23.6 Å². The Morgan fingerprint density at radius 2 is 1.72 bits per heavy atom. The number of carbonyl (C=O) groups is 4. The molecule has 3 heterocycles. The highest BCUT2D eigenvalue weighted by Gasteiger charge is 2.72. The lowest BCUT2D eigenvalue weighted by molar-refractivity contribution is -0.226. The zero-order valence-corrected chi connectivity index (χ0v) is 16.5. The Labute approximate surface area is 167 Å². The van der Waals surface area contributed by atoms with Gasteiger partial charge in [-0.25, -0.2) is 4.90 Å². The van der Waals surface area contributed by atoms with Crippen molar-refractivity contribution in [3.8, 4) is 0 Å². The molecule has 2 amide bonds. The predicted octanol–water partition coefficient (Wildman–Crippen LogP) is 1.57. The number of aryl methyl sites for hydroxylation is 2. The Morgan fingerprint density at radius 1 is 1.07 bits per heavy atom. The van der Waals surface area contributed by atoms with E-state index < -0.39 is 47.7 Å². The summed E-state index contributed by atoms with van der Waals surface area (Å²) in [6, 6.07) is 5.35. The molecule has 29 heavy (non-hydrogen) atoms. The lowest BCUT2D eigenvalue weighted by Gasteiger charge is -2.34. The van der Waals surface area contributed by atoms with Crippen LogP contribution in [0.15, 0.2) is 30.4 Å². The van der Waals surface area contributed by atoms with E-state index >= 15 is 0 Å². The van der Waals surface area contributed by atoms with Gasteiger partial charge < -0.3 is 14.2 Å². The first-order valence-electron chi connectivity index (χ1n) is 9.32. The standard InChI is InChI=1S/C21H21NO7/c1-10-5-6-14(9-11(10)2)22-18(25)16-15-7-8-21(29-15,17(16)19(22)26)20(27-12(3)23)28-13(4)24/h5-9,15-17,20H,1-4H3/t15-,16-,17+,21+/m1/s1. The summed E-state index contributed by atoms with van der Waals surface area (Å²) in [6.45, 7) is 6.17. The molecule has 1 aromatic carbocycles. The summed E-state index contributed by atoms with van der Waals surface area (Å²) in [5.41, 5.74) is 0.932. The zero-order valence-electron chi connectivity index (χ0n) is 16.5. The lowest BCUT2D eigenvalue weighted by Crippen LogP contribution is -2.52. The van der Waals surface area contributed by atoms with Gasteiger partial charge in [-0.2, -0.15) is 0 Å². The number of hydrogen-bond acceptors (Lipinski definition) is 7. The van der Waals surface area contributed by atoms with Crippen LogP contribution >= 0.6 is 0 Å². The molecule has 1 aromatic rings. The monoisotopic (exact) mass is 399 g/mol. The van der Waals surface area contributed by atoms with E-state index in [4.69, 9.17) is 14.2 Å². The fourth-order valence-electron chi connectivity index (χ4n) is 4.34. The Kier molecular flexibility index (Phi) is 4.34. The number of nitrogens with zero attached hydrogens (tertiary/aromatic N) is 1. The summed E-state index contributed by atoms with van der Waals surface area (Å²) in [7, 11) is 0. The minimum Gasteiger partial charge on any atom is -0.422 e. The molecule has 3 aliphatic heterocycles. The summed E-state index contributed by atoms with van der Waals surface area (Å²) in [4.78, 5) is 50.9. The molecule has 2 saturated heterocycles. The van der Waals surface area contributed by atoms with Crippen LogP contribution in [0.4, 0.5) is 5.69 Å². The minimum absolute atomic E-state index is 0.385. The number of benzene rings is 1. The van der Waals surface area contributed by atoms with E-state index in [0.717, 1.165) is 16.0 Å². The number of amides is 2. The summed E-state index contributed by atoms with van der Waals surface area (Å²) in [5.74, 6) is -3.99. The van der Waals surface area contributed by atoms with Gasteiger partial charge in [0.25, 0.3) is 6.29 Å². The van der Waals surface area contributed by atoms with Crippen molar-refractivity contribution in [1.82, 2.24) is 0 Å². The van der Waals surface area contributed by atoms with Crippen LogP contribution in [-0.2, 0) is 33.4 Å². The van der Waals surface area contributed by atoms with E-state index in [-0.39, 0.29) is 5.91 Å².